The number of carbonyl (C=O) groups is 2. The lowest BCUT2D eigenvalue weighted by Gasteiger charge is -2.14. The van der Waals surface area contributed by atoms with E-state index >= 15 is 0 Å². The SMILES string of the molecule is CCc1nc(C)c(C(=O)O)c(SCCN2CCNC2=O)n1. The van der Waals surface area contributed by atoms with Gasteiger partial charge in [0.05, 0.1) is 5.69 Å². The Bertz CT molecular complexity index is 565. The first kappa shape index (κ1) is 15.6. The van der Waals surface area contributed by atoms with Gasteiger partial charge in [0.1, 0.15) is 16.4 Å². The highest BCUT2D eigenvalue weighted by molar-refractivity contribution is 7.99. The smallest absolute Gasteiger partial charge is 0.340 e. The largest absolute Gasteiger partial charge is 0.478 e. The molecule has 1 aromatic rings. The molecule has 1 fully saturated rings. The summed E-state index contributed by atoms with van der Waals surface area (Å²) in [4.78, 5) is 33.0. The van der Waals surface area contributed by atoms with Crippen molar-refractivity contribution in [1.29, 1.82) is 0 Å². The number of carboxylic acids is 1. The summed E-state index contributed by atoms with van der Waals surface area (Å²) in [5.74, 6) is 0.225. The Kier molecular flexibility index (Phi) is 5.00. The number of aryl methyl sites for hydroxylation is 2. The predicted molar refractivity (Wildman–Crippen MR) is 78.8 cm³/mol. The number of carbonyl (C=O) groups excluding carboxylic acids is 1. The van der Waals surface area contributed by atoms with Crippen LogP contribution >= 0.6 is 11.8 Å². The first-order chi connectivity index (χ1) is 10.0. The maximum atomic E-state index is 11.4. The van der Waals surface area contributed by atoms with Crippen molar-refractivity contribution >= 4 is 23.8 Å². The minimum Gasteiger partial charge on any atom is -0.478 e. The van der Waals surface area contributed by atoms with Gasteiger partial charge in [0, 0.05) is 31.8 Å². The minimum atomic E-state index is -1.02. The van der Waals surface area contributed by atoms with Gasteiger partial charge in [-0.05, 0) is 6.92 Å². The number of hydrogen-bond acceptors (Lipinski definition) is 5. The maximum absolute atomic E-state index is 11.4. The van der Waals surface area contributed by atoms with Gasteiger partial charge in [-0.25, -0.2) is 19.6 Å². The Labute approximate surface area is 127 Å². The second-order valence-corrected chi connectivity index (χ2v) is 5.72. The summed E-state index contributed by atoms with van der Waals surface area (Å²) < 4.78 is 0. The van der Waals surface area contributed by atoms with Crippen molar-refractivity contribution < 1.29 is 14.7 Å². The summed E-state index contributed by atoms with van der Waals surface area (Å²) in [6, 6.07) is -0.0674. The van der Waals surface area contributed by atoms with Gasteiger partial charge in [0.25, 0.3) is 0 Å². The number of nitrogens with zero attached hydrogens (tertiary/aromatic N) is 3. The lowest BCUT2D eigenvalue weighted by atomic mass is 10.2. The van der Waals surface area contributed by atoms with Gasteiger partial charge in [0.2, 0.25) is 0 Å². The monoisotopic (exact) mass is 310 g/mol. The fourth-order valence-corrected chi connectivity index (χ4v) is 3.14. The third kappa shape index (κ3) is 3.63. The quantitative estimate of drug-likeness (QED) is 0.605. The van der Waals surface area contributed by atoms with Crippen molar-refractivity contribution in [3.63, 3.8) is 0 Å². The van der Waals surface area contributed by atoms with E-state index in [2.05, 4.69) is 15.3 Å². The Hall–Kier alpha value is -1.83. The molecule has 0 saturated carbocycles. The molecule has 7 nitrogen and oxygen atoms in total. The van der Waals surface area contributed by atoms with Crippen molar-refractivity contribution in [2.75, 3.05) is 25.4 Å². The second-order valence-electron chi connectivity index (χ2n) is 4.63. The van der Waals surface area contributed by atoms with E-state index < -0.39 is 5.97 Å². The molecule has 1 aliphatic rings. The number of carboxylic acid groups (broad SMARTS) is 1. The molecule has 21 heavy (non-hydrogen) atoms. The highest BCUT2D eigenvalue weighted by Crippen LogP contribution is 2.23. The van der Waals surface area contributed by atoms with Crippen LogP contribution in [0.5, 0.6) is 0 Å². The van der Waals surface area contributed by atoms with E-state index in [-0.39, 0.29) is 11.6 Å². The number of amides is 2. The topological polar surface area (TPSA) is 95.4 Å². The van der Waals surface area contributed by atoms with Crippen LogP contribution in [0.2, 0.25) is 0 Å². The molecule has 1 aromatic heterocycles. The fraction of sp³-hybridized carbons (Fsp3) is 0.538. The molecule has 0 radical (unpaired) electrons. The van der Waals surface area contributed by atoms with Crippen LogP contribution in [0.4, 0.5) is 4.79 Å². The highest BCUT2D eigenvalue weighted by Gasteiger charge is 2.21. The molecule has 2 rings (SSSR count). The van der Waals surface area contributed by atoms with Crippen molar-refractivity contribution in [1.82, 2.24) is 20.2 Å². The number of thioether (sulfide) groups is 1. The average molecular weight is 310 g/mol. The normalized spacial score (nSPS) is 14.4. The van der Waals surface area contributed by atoms with Gasteiger partial charge in [-0.1, -0.05) is 6.92 Å². The Balaban J connectivity index is 2.08. The number of hydrogen-bond donors (Lipinski definition) is 2. The van der Waals surface area contributed by atoms with Crippen LogP contribution in [0.15, 0.2) is 5.03 Å². The van der Waals surface area contributed by atoms with Crippen LogP contribution in [0, 0.1) is 6.92 Å². The number of aromatic carboxylic acids is 1. The first-order valence-corrected chi connectivity index (χ1v) is 7.77. The zero-order valence-corrected chi connectivity index (χ0v) is 12.9. The third-order valence-corrected chi connectivity index (χ3v) is 4.13. The molecule has 8 heteroatoms. The average Bonchev–Trinajstić information content (AvgIpc) is 2.83. The summed E-state index contributed by atoms with van der Waals surface area (Å²) in [6.45, 7) is 5.53. The van der Waals surface area contributed by atoms with Crippen molar-refractivity contribution in [3.05, 3.63) is 17.1 Å². The van der Waals surface area contributed by atoms with Gasteiger partial charge in [-0.15, -0.1) is 11.8 Å². The van der Waals surface area contributed by atoms with Gasteiger partial charge in [0.15, 0.2) is 0 Å². The van der Waals surface area contributed by atoms with E-state index in [0.29, 0.717) is 48.4 Å². The molecule has 2 N–H and O–H groups in total. The third-order valence-electron chi connectivity index (χ3n) is 3.18. The maximum Gasteiger partial charge on any atom is 0.340 e. The van der Waals surface area contributed by atoms with Gasteiger partial charge in [-0.2, -0.15) is 0 Å². The standard InChI is InChI=1S/C13H18N4O3S/c1-3-9-15-8(2)10(12(18)19)11(16-9)21-7-6-17-5-4-14-13(17)20/h3-7H2,1-2H3,(H,14,20)(H,18,19). The van der Waals surface area contributed by atoms with Crippen LogP contribution in [-0.2, 0) is 6.42 Å². The van der Waals surface area contributed by atoms with E-state index in [1.807, 2.05) is 6.92 Å². The van der Waals surface area contributed by atoms with Crippen molar-refractivity contribution in [3.8, 4) is 0 Å². The number of rotatable bonds is 6. The summed E-state index contributed by atoms with van der Waals surface area (Å²) in [6.07, 6.45) is 0.656. The Morgan fingerprint density at radius 3 is 2.81 bits per heavy atom. The Morgan fingerprint density at radius 1 is 1.48 bits per heavy atom. The summed E-state index contributed by atoms with van der Waals surface area (Å²) in [5, 5.41) is 12.5. The molecule has 1 saturated heterocycles. The molecule has 2 amide bonds. The zero-order chi connectivity index (χ0) is 15.4. The summed E-state index contributed by atoms with van der Waals surface area (Å²) in [5.41, 5.74) is 0.638. The van der Waals surface area contributed by atoms with Crippen LogP contribution < -0.4 is 5.32 Å². The molecule has 2 heterocycles. The zero-order valence-electron chi connectivity index (χ0n) is 12.0. The fourth-order valence-electron chi connectivity index (χ4n) is 2.09. The van der Waals surface area contributed by atoms with Gasteiger partial charge in [-0.3, -0.25) is 0 Å². The van der Waals surface area contributed by atoms with Gasteiger partial charge >= 0.3 is 12.0 Å². The van der Waals surface area contributed by atoms with Crippen molar-refractivity contribution in [2.24, 2.45) is 0 Å². The molecule has 1 aliphatic heterocycles. The summed E-state index contributed by atoms with van der Waals surface area (Å²) in [7, 11) is 0. The van der Waals surface area contributed by atoms with E-state index in [0.717, 1.165) is 0 Å². The first-order valence-electron chi connectivity index (χ1n) is 6.79. The molecule has 0 aliphatic carbocycles. The van der Waals surface area contributed by atoms with Gasteiger partial charge < -0.3 is 15.3 Å². The second kappa shape index (κ2) is 6.75. The van der Waals surface area contributed by atoms with Crippen LogP contribution in [0.25, 0.3) is 0 Å². The minimum absolute atomic E-state index is 0.0674. The van der Waals surface area contributed by atoms with E-state index in [1.165, 1.54) is 11.8 Å². The number of nitrogens with one attached hydrogen (secondary N) is 1. The van der Waals surface area contributed by atoms with E-state index in [9.17, 15) is 14.7 Å². The van der Waals surface area contributed by atoms with Crippen molar-refractivity contribution in [2.45, 2.75) is 25.3 Å². The lowest BCUT2D eigenvalue weighted by Crippen LogP contribution is -2.30. The Morgan fingerprint density at radius 2 is 2.24 bits per heavy atom. The summed E-state index contributed by atoms with van der Waals surface area (Å²) >= 11 is 1.35. The molecule has 0 spiro atoms. The van der Waals surface area contributed by atoms with E-state index in [4.69, 9.17) is 0 Å². The lowest BCUT2D eigenvalue weighted by molar-refractivity contribution is 0.0690. The number of urea groups is 1. The number of aromatic nitrogens is 2. The van der Waals surface area contributed by atoms with Crippen LogP contribution in [0.1, 0.15) is 28.8 Å². The molecule has 0 bridgehead atoms. The molecule has 0 aromatic carbocycles. The molecular formula is C13H18N4O3S. The molecule has 114 valence electrons. The highest BCUT2D eigenvalue weighted by atomic mass is 32.2. The van der Waals surface area contributed by atoms with E-state index in [1.54, 1.807) is 11.8 Å². The molecular weight excluding hydrogens is 292 g/mol. The molecule has 0 atom stereocenters. The molecule has 0 unspecified atom stereocenters. The van der Waals surface area contributed by atoms with Crippen LogP contribution in [-0.4, -0.2) is 57.4 Å². The predicted octanol–water partition coefficient (Wildman–Crippen LogP) is 1.16. The van der Waals surface area contributed by atoms with Crippen LogP contribution in [0.3, 0.4) is 0 Å².